The predicted molar refractivity (Wildman–Crippen MR) is 125 cm³/mol. The molecular formula is C25H19BrF3N3O2. The molecule has 0 atom stereocenters. The number of nitrogens with one attached hydrogen (secondary N) is 1. The van der Waals surface area contributed by atoms with Gasteiger partial charge in [0, 0.05) is 35.1 Å². The normalized spacial score (nSPS) is 14.2. The maximum atomic E-state index is 12.8. The van der Waals surface area contributed by atoms with Gasteiger partial charge in [0.25, 0.3) is 5.56 Å². The zero-order chi connectivity index (χ0) is 23.9. The highest BCUT2D eigenvalue weighted by Gasteiger charge is 2.30. The lowest BCUT2D eigenvalue weighted by Gasteiger charge is -2.26. The number of halogens is 4. The molecule has 2 aromatic heterocycles. The largest absolute Gasteiger partial charge is 0.460 e. The Morgan fingerprint density at radius 1 is 1.00 bits per heavy atom. The zero-order valence-electron chi connectivity index (χ0n) is 17.8. The maximum absolute atomic E-state index is 12.8. The monoisotopic (exact) mass is 529 g/mol. The Hall–Kier alpha value is -3.17. The van der Waals surface area contributed by atoms with Gasteiger partial charge in [0.1, 0.15) is 17.3 Å². The Kier molecular flexibility index (Phi) is 5.91. The fourth-order valence-corrected chi connectivity index (χ4v) is 4.29. The summed E-state index contributed by atoms with van der Waals surface area (Å²) in [7, 11) is 0. The molecule has 0 radical (unpaired) electrons. The highest BCUT2D eigenvalue weighted by atomic mass is 79.9. The Morgan fingerprint density at radius 3 is 2.41 bits per heavy atom. The van der Waals surface area contributed by atoms with E-state index in [9.17, 15) is 18.0 Å². The van der Waals surface area contributed by atoms with E-state index in [1.807, 2.05) is 36.4 Å². The number of nitrogens with zero attached hydrogens (tertiary/aromatic N) is 2. The van der Waals surface area contributed by atoms with Crippen molar-refractivity contribution in [3.63, 3.8) is 0 Å². The van der Waals surface area contributed by atoms with Crippen molar-refractivity contribution in [1.29, 1.82) is 0 Å². The summed E-state index contributed by atoms with van der Waals surface area (Å²) < 4.78 is 45.5. The molecule has 0 amide bonds. The molecule has 0 unspecified atom stereocenters. The van der Waals surface area contributed by atoms with E-state index < -0.39 is 11.7 Å². The van der Waals surface area contributed by atoms with Crippen LogP contribution in [0.3, 0.4) is 0 Å². The molecule has 0 bridgehead atoms. The molecule has 1 N–H and O–H groups in total. The van der Waals surface area contributed by atoms with Gasteiger partial charge in [0.15, 0.2) is 0 Å². The van der Waals surface area contributed by atoms with Crippen LogP contribution in [0.15, 0.2) is 74.3 Å². The fourth-order valence-electron chi connectivity index (χ4n) is 4.02. The number of aromatic nitrogens is 2. The first-order valence-corrected chi connectivity index (χ1v) is 11.4. The van der Waals surface area contributed by atoms with Crippen LogP contribution in [-0.2, 0) is 25.7 Å². The van der Waals surface area contributed by atoms with Crippen LogP contribution in [0.25, 0.3) is 22.7 Å². The van der Waals surface area contributed by atoms with Crippen LogP contribution in [0, 0.1) is 0 Å². The number of hydrogen-bond donors (Lipinski definition) is 1. The number of benzene rings is 2. The van der Waals surface area contributed by atoms with Crippen LogP contribution in [0.5, 0.6) is 0 Å². The lowest BCUT2D eigenvalue weighted by Crippen LogP contribution is -2.35. The summed E-state index contributed by atoms with van der Waals surface area (Å²) in [4.78, 5) is 22.1. The molecule has 4 aromatic rings. The molecule has 174 valence electrons. The second kappa shape index (κ2) is 8.88. The minimum atomic E-state index is -4.41. The molecule has 1 aliphatic heterocycles. The van der Waals surface area contributed by atoms with Crippen molar-refractivity contribution in [3.05, 3.63) is 98.1 Å². The van der Waals surface area contributed by atoms with Crippen molar-refractivity contribution in [2.75, 3.05) is 6.54 Å². The standard InChI is InChI=1S/C25H19BrF3N3O2/c26-18-7-3-15(4-8-18)22-10-9-19(34-22)13-32-12-11-21-20(14-32)24(33)31-23(30-21)16-1-5-17(6-2-16)25(27,28)29/h1-10H,11-14H2,(H,30,31,33). The van der Waals surface area contributed by atoms with Crippen LogP contribution in [0.4, 0.5) is 13.2 Å². The lowest BCUT2D eigenvalue weighted by atomic mass is 10.1. The van der Waals surface area contributed by atoms with Crippen LogP contribution < -0.4 is 5.56 Å². The van der Waals surface area contributed by atoms with E-state index in [0.29, 0.717) is 42.9 Å². The maximum Gasteiger partial charge on any atom is 0.416 e. The first kappa shape index (κ1) is 22.6. The van der Waals surface area contributed by atoms with E-state index in [-0.39, 0.29) is 11.4 Å². The van der Waals surface area contributed by atoms with E-state index in [0.717, 1.165) is 33.7 Å². The van der Waals surface area contributed by atoms with E-state index in [1.165, 1.54) is 12.1 Å². The van der Waals surface area contributed by atoms with Gasteiger partial charge < -0.3 is 9.40 Å². The fraction of sp³-hybridized carbons (Fsp3) is 0.200. The van der Waals surface area contributed by atoms with Gasteiger partial charge in [-0.25, -0.2) is 4.98 Å². The Balaban J connectivity index is 1.31. The van der Waals surface area contributed by atoms with Crippen molar-refractivity contribution in [2.24, 2.45) is 0 Å². The number of H-pyrrole nitrogens is 1. The van der Waals surface area contributed by atoms with E-state index in [4.69, 9.17) is 4.42 Å². The highest BCUT2D eigenvalue weighted by Crippen LogP contribution is 2.31. The third kappa shape index (κ3) is 4.71. The van der Waals surface area contributed by atoms with Crippen LogP contribution >= 0.6 is 15.9 Å². The molecule has 9 heteroatoms. The van der Waals surface area contributed by atoms with Crippen molar-refractivity contribution in [1.82, 2.24) is 14.9 Å². The summed E-state index contributed by atoms with van der Waals surface area (Å²) >= 11 is 3.42. The molecular weight excluding hydrogens is 511 g/mol. The van der Waals surface area contributed by atoms with Crippen molar-refractivity contribution < 1.29 is 17.6 Å². The average Bonchev–Trinajstić information content (AvgIpc) is 3.28. The van der Waals surface area contributed by atoms with Crippen molar-refractivity contribution >= 4 is 15.9 Å². The van der Waals surface area contributed by atoms with Gasteiger partial charge >= 0.3 is 6.18 Å². The molecule has 0 saturated carbocycles. The van der Waals surface area contributed by atoms with Gasteiger partial charge in [0.05, 0.1) is 23.4 Å². The third-order valence-electron chi connectivity index (χ3n) is 5.80. The summed E-state index contributed by atoms with van der Waals surface area (Å²) in [6, 6.07) is 16.3. The Bertz CT molecular complexity index is 1380. The topological polar surface area (TPSA) is 62.1 Å². The first-order chi connectivity index (χ1) is 16.3. The minimum absolute atomic E-state index is 0.274. The number of alkyl halides is 3. The Morgan fingerprint density at radius 2 is 1.71 bits per heavy atom. The number of rotatable bonds is 4. The molecule has 5 nitrogen and oxygen atoms in total. The SMILES string of the molecule is O=c1[nH]c(-c2ccc(C(F)(F)F)cc2)nc2c1CN(Cc1ccc(-c3ccc(Br)cc3)o1)CC2. The summed E-state index contributed by atoms with van der Waals surface area (Å²) in [5, 5.41) is 0. The molecule has 1 aliphatic rings. The smallest absolute Gasteiger partial charge is 0.416 e. The van der Waals surface area contributed by atoms with E-state index in [2.05, 4.69) is 30.8 Å². The quantitative estimate of drug-likeness (QED) is 0.350. The van der Waals surface area contributed by atoms with Crippen molar-refractivity contribution in [2.45, 2.75) is 25.7 Å². The van der Waals surface area contributed by atoms with Gasteiger partial charge in [-0.1, -0.05) is 40.2 Å². The third-order valence-corrected chi connectivity index (χ3v) is 6.33. The second-order valence-corrected chi connectivity index (χ2v) is 9.06. The van der Waals surface area contributed by atoms with Crippen LogP contribution in [-0.4, -0.2) is 21.4 Å². The molecule has 0 aliphatic carbocycles. The highest BCUT2D eigenvalue weighted by molar-refractivity contribution is 9.10. The zero-order valence-corrected chi connectivity index (χ0v) is 19.4. The van der Waals surface area contributed by atoms with Gasteiger partial charge in [-0.3, -0.25) is 9.69 Å². The molecule has 0 saturated heterocycles. The molecule has 3 heterocycles. The summed E-state index contributed by atoms with van der Waals surface area (Å²) in [6.07, 6.45) is -3.85. The molecule has 34 heavy (non-hydrogen) atoms. The number of hydrogen-bond acceptors (Lipinski definition) is 4. The second-order valence-electron chi connectivity index (χ2n) is 8.15. The molecule has 0 spiro atoms. The lowest BCUT2D eigenvalue weighted by molar-refractivity contribution is -0.137. The average molecular weight is 530 g/mol. The van der Waals surface area contributed by atoms with Crippen LogP contribution in [0.1, 0.15) is 22.6 Å². The van der Waals surface area contributed by atoms with Crippen LogP contribution in [0.2, 0.25) is 0 Å². The first-order valence-electron chi connectivity index (χ1n) is 10.6. The molecule has 0 fully saturated rings. The summed E-state index contributed by atoms with van der Waals surface area (Å²) in [5.74, 6) is 1.85. The van der Waals surface area contributed by atoms with E-state index >= 15 is 0 Å². The van der Waals surface area contributed by atoms with Gasteiger partial charge in [-0.05, 0) is 36.4 Å². The van der Waals surface area contributed by atoms with Gasteiger partial charge in [-0.2, -0.15) is 13.2 Å². The number of fused-ring (bicyclic) bond motifs is 1. The Labute approximate surface area is 201 Å². The summed E-state index contributed by atoms with van der Waals surface area (Å²) in [5.41, 5.74) is 1.64. The number of aromatic amines is 1. The van der Waals surface area contributed by atoms with Gasteiger partial charge in [0.2, 0.25) is 0 Å². The van der Waals surface area contributed by atoms with E-state index in [1.54, 1.807) is 0 Å². The van der Waals surface area contributed by atoms with Gasteiger partial charge in [-0.15, -0.1) is 0 Å². The minimum Gasteiger partial charge on any atom is -0.460 e. The molecule has 5 rings (SSSR count). The summed E-state index contributed by atoms with van der Waals surface area (Å²) in [6.45, 7) is 1.65. The molecule has 2 aromatic carbocycles. The number of furan rings is 1. The van der Waals surface area contributed by atoms with Crippen molar-refractivity contribution in [3.8, 4) is 22.7 Å². The predicted octanol–water partition coefficient (Wildman–Crippen LogP) is 6.04.